The molecule has 2 heteroatoms. The van der Waals surface area contributed by atoms with Crippen LogP contribution in [-0.2, 0) is 0 Å². The van der Waals surface area contributed by atoms with E-state index in [2.05, 4.69) is 71.2 Å². The fourth-order valence-corrected chi connectivity index (χ4v) is 3.25. The van der Waals surface area contributed by atoms with Gasteiger partial charge in [-0.15, -0.1) is 11.8 Å². The number of hydrogen-bond acceptors (Lipinski definition) is 2. The molecule has 0 fully saturated rings. The van der Waals surface area contributed by atoms with Crippen molar-refractivity contribution in [3.05, 3.63) is 29.8 Å². The molecule has 1 aromatic rings. The van der Waals surface area contributed by atoms with Crippen molar-refractivity contribution in [2.75, 3.05) is 12.8 Å². The Balaban J connectivity index is 2.58. The van der Waals surface area contributed by atoms with Gasteiger partial charge >= 0.3 is 0 Å². The minimum atomic E-state index is 0.305. The molecule has 0 heterocycles. The van der Waals surface area contributed by atoms with Crippen LogP contribution in [0.4, 0.5) is 0 Å². The van der Waals surface area contributed by atoms with Gasteiger partial charge in [-0.05, 0) is 36.1 Å². The van der Waals surface area contributed by atoms with Gasteiger partial charge in [-0.1, -0.05) is 46.8 Å². The Morgan fingerprint density at radius 1 is 1.11 bits per heavy atom. The summed E-state index contributed by atoms with van der Waals surface area (Å²) in [6.07, 6.45) is 0. The zero-order valence-electron chi connectivity index (χ0n) is 12.6. The van der Waals surface area contributed by atoms with E-state index in [0.29, 0.717) is 17.4 Å². The first kappa shape index (κ1) is 15.6. The highest BCUT2D eigenvalue weighted by Crippen LogP contribution is 2.27. The Hall–Kier alpha value is -0.470. The first-order valence-electron chi connectivity index (χ1n) is 6.74. The van der Waals surface area contributed by atoms with Crippen molar-refractivity contribution in [3.8, 4) is 0 Å². The summed E-state index contributed by atoms with van der Waals surface area (Å²) in [7, 11) is 2.05. The van der Waals surface area contributed by atoms with E-state index in [-0.39, 0.29) is 0 Å². The van der Waals surface area contributed by atoms with Crippen LogP contribution in [0, 0.1) is 5.41 Å². The number of hydrogen-bond donors (Lipinski definition) is 1. The largest absolute Gasteiger partial charge is 0.316 e. The molecule has 1 N–H and O–H groups in total. The maximum absolute atomic E-state index is 3.42. The van der Waals surface area contributed by atoms with Gasteiger partial charge < -0.3 is 5.32 Å². The van der Waals surface area contributed by atoms with Crippen LogP contribution in [0.25, 0.3) is 0 Å². The second-order valence-electron chi connectivity index (χ2n) is 6.24. The van der Waals surface area contributed by atoms with Crippen LogP contribution in [0.3, 0.4) is 0 Å². The summed E-state index contributed by atoms with van der Waals surface area (Å²) >= 11 is 1.94. The summed E-state index contributed by atoms with van der Waals surface area (Å²) in [5, 5.41) is 3.42. The molecule has 0 amide bonds. The maximum atomic E-state index is 3.42. The van der Waals surface area contributed by atoms with Gasteiger partial charge in [0.15, 0.2) is 0 Å². The average Bonchev–Trinajstić information content (AvgIpc) is 2.28. The van der Waals surface area contributed by atoms with E-state index < -0.39 is 0 Å². The lowest BCUT2D eigenvalue weighted by molar-refractivity contribution is 0.305. The highest BCUT2D eigenvalue weighted by molar-refractivity contribution is 7.99. The lowest BCUT2D eigenvalue weighted by Gasteiger charge is -2.30. The molecule has 1 nitrogen and oxygen atoms in total. The number of rotatable bonds is 5. The third kappa shape index (κ3) is 4.66. The number of thioether (sulfide) groups is 1. The standard InChI is InChI=1S/C16H27NS/c1-12(2)13-7-9-14(10-8-13)18-11-15(17-6)16(3,4)5/h7-10,12,15,17H,11H2,1-6H3. The molecule has 0 saturated carbocycles. The summed E-state index contributed by atoms with van der Waals surface area (Å²) < 4.78 is 0. The average molecular weight is 265 g/mol. The molecular weight excluding hydrogens is 238 g/mol. The molecule has 0 aliphatic heterocycles. The summed E-state index contributed by atoms with van der Waals surface area (Å²) in [4.78, 5) is 1.36. The van der Waals surface area contributed by atoms with E-state index in [1.807, 2.05) is 11.8 Å². The van der Waals surface area contributed by atoms with Crippen molar-refractivity contribution in [2.45, 2.75) is 51.5 Å². The Morgan fingerprint density at radius 3 is 2.06 bits per heavy atom. The number of nitrogens with one attached hydrogen (secondary N) is 1. The van der Waals surface area contributed by atoms with E-state index in [1.54, 1.807) is 0 Å². The fourth-order valence-electron chi connectivity index (χ4n) is 1.89. The van der Waals surface area contributed by atoms with Crippen LogP contribution in [-0.4, -0.2) is 18.8 Å². The molecule has 102 valence electrons. The third-order valence-electron chi connectivity index (χ3n) is 3.36. The van der Waals surface area contributed by atoms with Gasteiger partial charge in [-0.3, -0.25) is 0 Å². The van der Waals surface area contributed by atoms with Gasteiger partial charge in [0.05, 0.1) is 0 Å². The highest BCUT2D eigenvalue weighted by Gasteiger charge is 2.22. The van der Waals surface area contributed by atoms with E-state index in [0.717, 1.165) is 5.75 Å². The normalized spacial score (nSPS) is 13.9. The van der Waals surface area contributed by atoms with Crippen LogP contribution in [0.15, 0.2) is 29.2 Å². The van der Waals surface area contributed by atoms with Crippen molar-refractivity contribution >= 4 is 11.8 Å². The van der Waals surface area contributed by atoms with Crippen LogP contribution >= 0.6 is 11.8 Å². The Kier molecular flexibility index (Phi) is 5.74. The highest BCUT2D eigenvalue weighted by atomic mass is 32.2. The van der Waals surface area contributed by atoms with Gasteiger partial charge in [0.1, 0.15) is 0 Å². The smallest absolute Gasteiger partial charge is 0.0207 e. The predicted molar refractivity (Wildman–Crippen MR) is 83.6 cm³/mol. The van der Waals surface area contributed by atoms with Crippen LogP contribution in [0.2, 0.25) is 0 Å². The molecule has 18 heavy (non-hydrogen) atoms. The predicted octanol–water partition coefficient (Wildman–Crippen LogP) is 4.54. The van der Waals surface area contributed by atoms with Crippen LogP contribution in [0.1, 0.15) is 46.1 Å². The van der Waals surface area contributed by atoms with Crippen molar-refractivity contribution in [1.82, 2.24) is 5.32 Å². The minimum absolute atomic E-state index is 0.305. The summed E-state index contributed by atoms with van der Waals surface area (Å²) in [6.45, 7) is 11.3. The van der Waals surface area contributed by atoms with Gasteiger partial charge in [-0.25, -0.2) is 0 Å². The monoisotopic (exact) mass is 265 g/mol. The van der Waals surface area contributed by atoms with Crippen molar-refractivity contribution in [3.63, 3.8) is 0 Å². The van der Waals surface area contributed by atoms with E-state index in [4.69, 9.17) is 0 Å². The fraction of sp³-hybridized carbons (Fsp3) is 0.625. The minimum Gasteiger partial charge on any atom is -0.316 e. The summed E-state index contributed by atoms with van der Waals surface area (Å²) in [5.41, 5.74) is 1.72. The molecule has 0 saturated heterocycles. The van der Waals surface area contributed by atoms with Gasteiger partial charge in [-0.2, -0.15) is 0 Å². The maximum Gasteiger partial charge on any atom is 0.0207 e. The zero-order chi connectivity index (χ0) is 13.8. The second-order valence-corrected chi connectivity index (χ2v) is 7.34. The lowest BCUT2D eigenvalue weighted by Crippen LogP contribution is -2.40. The Morgan fingerprint density at radius 2 is 1.67 bits per heavy atom. The molecule has 0 radical (unpaired) electrons. The SMILES string of the molecule is CNC(CSc1ccc(C(C)C)cc1)C(C)(C)C. The van der Waals surface area contributed by atoms with E-state index in [1.165, 1.54) is 10.5 Å². The lowest BCUT2D eigenvalue weighted by atomic mass is 9.88. The topological polar surface area (TPSA) is 12.0 Å². The van der Waals surface area contributed by atoms with Crippen molar-refractivity contribution in [1.29, 1.82) is 0 Å². The molecule has 0 aromatic heterocycles. The van der Waals surface area contributed by atoms with Crippen molar-refractivity contribution < 1.29 is 0 Å². The number of benzene rings is 1. The molecule has 1 atom stereocenters. The molecule has 0 spiro atoms. The molecule has 0 aliphatic carbocycles. The molecule has 1 rings (SSSR count). The Labute approximate surface area is 117 Å². The third-order valence-corrected chi connectivity index (χ3v) is 4.46. The summed E-state index contributed by atoms with van der Waals surface area (Å²) in [5.74, 6) is 1.73. The summed E-state index contributed by atoms with van der Waals surface area (Å²) in [6, 6.07) is 9.52. The quantitative estimate of drug-likeness (QED) is 0.785. The van der Waals surface area contributed by atoms with Crippen LogP contribution in [0.5, 0.6) is 0 Å². The van der Waals surface area contributed by atoms with Gasteiger partial charge in [0, 0.05) is 16.7 Å². The van der Waals surface area contributed by atoms with E-state index in [9.17, 15) is 0 Å². The van der Waals surface area contributed by atoms with E-state index >= 15 is 0 Å². The molecule has 0 bridgehead atoms. The first-order valence-corrected chi connectivity index (χ1v) is 7.73. The molecule has 1 unspecified atom stereocenters. The molecule has 0 aliphatic rings. The van der Waals surface area contributed by atoms with Gasteiger partial charge in [0.25, 0.3) is 0 Å². The first-order chi connectivity index (χ1) is 8.34. The zero-order valence-corrected chi connectivity index (χ0v) is 13.4. The van der Waals surface area contributed by atoms with Gasteiger partial charge in [0.2, 0.25) is 0 Å². The molecule has 1 aromatic carbocycles. The Bertz CT molecular complexity index is 348. The van der Waals surface area contributed by atoms with Crippen LogP contribution < -0.4 is 5.32 Å². The second kappa shape index (κ2) is 6.63. The van der Waals surface area contributed by atoms with Crippen molar-refractivity contribution in [2.24, 2.45) is 5.41 Å². The molecular formula is C16H27NS.